The molecule has 0 radical (unpaired) electrons. The van der Waals surface area contributed by atoms with Crippen molar-refractivity contribution in [2.24, 2.45) is 17.8 Å². The first-order chi connectivity index (χ1) is 14.3. The van der Waals surface area contributed by atoms with Gasteiger partial charge in [0.05, 0.1) is 12.6 Å². The molecule has 3 fully saturated rings. The minimum absolute atomic E-state index is 0.105. The summed E-state index contributed by atoms with van der Waals surface area (Å²) in [5.41, 5.74) is 1.20. The first-order valence-corrected chi connectivity index (χ1v) is 11.8. The van der Waals surface area contributed by atoms with Crippen LogP contribution in [-0.4, -0.2) is 35.2 Å². The number of nitrogens with zero attached hydrogens (tertiary/aromatic N) is 2. The third kappa shape index (κ3) is 4.84. The fourth-order valence-electron chi connectivity index (χ4n) is 5.97. The Labute approximate surface area is 175 Å². The maximum absolute atomic E-state index is 12.0. The van der Waals surface area contributed by atoms with Crippen molar-refractivity contribution in [2.45, 2.75) is 76.7 Å². The lowest BCUT2D eigenvalue weighted by Gasteiger charge is -2.45. The lowest BCUT2D eigenvalue weighted by atomic mass is 9.71. The van der Waals surface area contributed by atoms with Crippen molar-refractivity contribution >= 4 is 6.09 Å². The SMILES string of the molecule is C1CCC2CCCCC2C1.CCOC(=O)N1CC2C=CC1C(c1cccnc1)C2. The molecule has 29 heavy (non-hydrogen) atoms. The van der Waals surface area contributed by atoms with Crippen LogP contribution >= 0.6 is 0 Å². The fourth-order valence-corrected chi connectivity index (χ4v) is 5.97. The molecule has 2 saturated carbocycles. The highest BCUT2D eigenvalue weighted by atomic mass is 16.6. The van der Waals surface area contributed by atoms with Crippen molar-refractivity contribution in [3.63, 3.8) is 0 Å². The minimum atomic E-state index is -0.199. The van der Waals surface area contributed by atoms with Crippen molar-refractivity contribution in [3.8, 4) is 0 Å². The molecule has 1 amide bonds. The summed E-state index contributed by atoms with van der Waals surface area (Å²) in [6, 6.07) is 4.15. The predicted molar refractivity (Wildman–Crippen MR) is 116 cm³/mol. The first-order valence-electron chi connectivity index (χ1n) is 11.8. The number of aromatic nitrogens is 1. The van der Waals surface area contributed by atoms with E-state index < -0.39 is 0 Å². The van der Waals surface area contributed by atoms with Gasteiger partial charge in [0.1, 0.15) is 0 Å². The van der Waals surface area contributed by atoms with Gasteiger partial charge in [-0.3, -0.25) is 4.98 Å². The van der Waals surface area contributed by atoms with E-state index >= 15 is 0 Å². The molecule has 158 valence electrons. The zero-order chi connectivity index (χ0) is 20.1. The number of carbonyl (C=O) groups excluding carboxylic acids is 1. The van der Waals surface area contributed by atoms with Crippen molar-refractivity contribution in [1.29, 1.82) is 0 Å². The van der Waals surface area contributed by atoms with E-state index in [-0.39, 0.29) is 12.1 Å². The minimum Gasteiger partial charge on any atom is -0.450 e. The molecule has 4 heteroatoms. The highest BCUT2D eigenvalue weighted by Gasteiger charge is 2.41. The quantitative estimate of drug-likeness (QED) is 0.580. The van der Waals surface area contributed by atoms with Crippen LogP contribution in [0.2, 0.25) is 0 Å². The number of fused-ring (bicyclic) bond motifs is 3. The first kappa shape index (κ1) is 20.4. The largest absolute Gasteiger partial charge is 0.450 e. The van der Waals surface area contributed by atoms with E-state index in [0.717, 1.165) is 24.8 Å². The van der Waals surface area contributed by atoms with Gasteiger partial charge in [0.15, 0.2) is 0 Å². The number of amides is 1. The van der Waals surface area contributed by atoms with E-state index in [1.165, 1.54) is 31.2 Å². The summed E-state index contributed by atoms with van der Waals surface area (Å²) in [6.45, 7) is 3.04. The van der Waals surface area contributed by atoms with Gasteiger partial charge < -0.3 is 9.64 Å². The summed E-state index contributed by atoms with van der Waals surface area (Å²) in [4.78, 5) is 18.1. The van der Waals surface area contributed by atoms with Gasteiger partial charge in [0, 0.05) is 24.9 Å². The van der Waals surface area contributed by atoms with Gasteiger partial charge in [-0.2, -0.15) is 0 Å². The molecule has 3 aliphatic carbocycles. The smallest absolute Gasteiger partial charge is 0.410 e. The zero-order valence-electron chi connectivity index (χ0n) is 17.8. The Morgan fingerprint density at radius 2 is 1.79 bits per heavy atom. The van der Waals surface area contributed by atoms with Crippen LogP contribution in [0.25, 0.3) is 0 Å². The molecule has 3 heterocycles. The third-order valence-corrected chi connectivity index (χ3v) is 7.42. The molecule has 3 atom stereocenters. The Bertz CT molecular complexity index is 663. The molecule has 2 bridgehead atoms. The van der Waals surface area contributed by atoms with Gasteiger partial charge in [-0.25, -0.2) is 4.79 Å². The molecule has 3 unspecified atom stereocenters. The second kappa shape index (κ2) is 9.77. The van der Waals surface area contributed by atoms with E-state index in [4.69, 9.17) is 4.74 Å². The molecule has 0 spiro atoms. The molecule has 0 aromatic carbocycles. The van der Waals surface area contributed by atoms with Gasteiger partial charge in [0.2, 0.25) is 0 Å². The van der Waals surface area contributed by atoms with E-state index in [2.05, 4.69) is 23.2 Å². The van der Waals surface area contributed by atoms with Crippen LogP contribution in [0.3, 0.4) is 0 Å². The van der Waals surface area contributed by atoms with Gasteiger partial charge >= 0.3 is 6.09 Å². The van der Waals surface area contributed by atoms with Crippen molar-refractivity contribution in [1.82, 2.24) is 9.88 Å². The number of carbonyl (C=O) groups is 1. The van der Waals surface area contributed by atoms with Gasteiger partial charge in [-0.1, -0.05) is 69.6 Å². The molecule has 0 N–H and O–H groups in total. The molecular formula is C25H36N2O2. The molecular weight excluding hydrogens is 360 g/mol. The van der Waals surface area contributed by atoms with Gasteiger partial charge in [0.25, 0.3) is 0 Å². The van der Waals surface area contributed by atoms with Crippen LogP contribution in [0.1, 0.15) is 76.2 Å². The Morgan fingerprint density at radius 3 is 2.34 bits per heavy atom. The van der Waals surface area contributed by atoms with Crippen LogP contribution in [0.5, 0.6) is 0 Å². The second-order valence-electron chi connectivity index (χ2n) is 9.20. The molecule has 5 aliphatic rings. The molecule has 1 aromatic heterocycles. The van der Waals surface area contributed by atoms with Crippen LogP contribution in [0.15, 0.2) is 36.7 Å². The number of rotatable bonds is 2. The van der Waals surface area contributed by atoms with Gasteiger partial charge in [-0.05, 0) is 42.7 Å². The predicted octanol–water partition coefficient (Wildman–Crippen LogP) is 5.95. The summed E-state index contributed by atoms with van der Waals surface area (Å²) in [6.07, 6.45) is 21.3. The van der Waals surface area contributed by atoms with E-state index in [9.17, 15) is 4.79 Å². The molecule has 1 saturated heterocycles. The van der Waals surface area contributed by atoms with Crippen LogP contribution in [0, 0.1) is 17.8 Å². The van der Waals surface area contributed by atoms with Crippen molar-refractivity contribution in [3.05, 3.63) is 42.2 Å². The Hall–Kier alpha value is -1.84. The van der Waals surface area contributed by atoms with Crippen LogP contribution < -0.4 is 0 Å². The van der Waals surface area contributed by atoms with Crippen LogP contribution in [0.4, 0.5) is 4.79 Å². The average molecular weight is 397 g/mol. The Morgan fingerprint density at radius 1 is 1.10 bits per heavy atom. The third-order valence-electron chi connectivity index (χ3n) is 7.42. The summed E-state index contributed by atoms with van der Waals surface area (Å²) >= 11 is 0. The topological polar surface area (TPSA) is 42.4 Å². The molecule has 1 aromatic rings. The summed E-state index contributed by atoms with van der Waals surface area (Å²) < 4.78 is 5.16. The highest BCUT2D eigenvalue weighted by Crippen LogP contribution is 2.41. The van der Waals surface area contributed by atoms with Crippen molar-refractivity contribution < 1.29 is 9.53 Å². The summed E-state index contributed by atoms with van der Waals surface area (Å²) in [5, 5.41) is 0. The van der Waals surface area contributed by atoms with Crippen LogP contribution in [-0.2, 0) is 4.74 Å². The second-order valence-corrected chi connectivity index (χ2v) is 9.20. The Kier molecular flexibility index (Phi) is 6.89. The standard InChI is InChI=1S/C15H18N2O2.C10H18/c1-2-19-15(18)17-10-11-5-6-14(17)13(8-11)12-4-3-7-16-9-12;1-2-6-10-8-4-3-7-9(10)5-1/h3-7,9,11,13-14H,2,8,10H2,1H3;9-10H,1-8H2. The highest BCUT2D eigenvalue weighted by molar-refractivity contribution is 5.69. The number of hydrogen-bond acceptors (Lipinski definition) is 3. The number of pyridine rings is 1. The maximum Gasteiger partial charge on any atom is 0.410 e. The molecule has 6 rings (SSSR count). The fraction of sp³-hybridized carbons (Fsp3) is 0.680. The number of piperidine rings is 1. The van der Waals surface area contributed by atoms with E-state index in [1.807, 2.05) is 24.1 Å². The lowest BCUT2D eigenvalue weighted by Crippen LogP contribution is -2.52. The normalized spacial score (nSPS) is 32.7. The average Bonchev–Trinajstić information content (AvgIpc) is 2.80. The summed E-state index contributed by atoms with van der Waals surface area (Å²) in [7, 11) is 0. The zero-order valence-corrected chi connectivity index (χ0v) is 17.8. The van der Waals surface area contributed by atoms with Crippen molar-refractivity contribution in [2.75, 3.05) is 13.2 Å². The van der Waals surface area contributed by atoms with E-state index in [0.29, 0.717) is 18.4 Å². The Balaban J connectivity index is 0.000000171. The summed E-state index contributed by atoms with van der Waals surface area (Å²) in [5.74, 6) is 3.08. The number of ether oxygens (including phenoxy) is 1. The molecule has 2 aliphatic heterocycles. The maximum atomic E-state index is 12.0. The monoisotopic (exact) mass is 396 g/mol. The lowest BCUT2D eigenvalue weighted by molar-refractivity contribution is 0.0661. The number of hydrogen-bond donors (Lipinski definition) is 0. The van der Waals surface area contributed by atoms with E-state index in [1.54, 1.807) is 31.9 Å². The molecule has 4 nitrogen and oxygen atoms in total. The van der Waals surface area contributed by atoms with Gasteiger partial charge in [-0.15, -0.1) is 0 Å².